The van der Waals surface area contributed by atoms with Crippen LogP contribution in [0.15, 0.2) is 36.0 Å². The van der Waals surface area contributed by atoms with Crippen molar-refractivity contribution < 1.29 is 19.3 Å². The summed E-state index contributed by atoms with van der Waals surface area (Å²) in [6.45, 7) is 0.707. The molecule has 0 aliphatic carbocycles. The number of thiophene rings is 1. The van der Waals surface area contributed by atoms with E-state index < -0.39 is 6.10 Å². The molecule has 0 fully saturated rings. The van der Waals surface area contributed by atoms with E-state index in [4.69, 9.17) is 14.2 Å². The van der Waals surface area contributed by atoms with Crippen molar-refractivity contribution in [2.75, 3.05) is 25.3 Å². The minimum absolute atomic E-state index is 0.157. The van der Waals surface area contributed by atoms with Crippen LogP contribution in [0.2, 0.25) is 0 Å². The quantitative estimate of drug-likeness (QED) is 0.709. The second-order valence-corrected chi connectivity index (χ2v) is 6.12. The second-order valence-electron chi connectivity index (χ2n) is 5.22. The third-order valence-electron chi connectivity index (χ3n) is 3.55. The molecule has 0 amide bonds. The molecular formula is C16H15N3O4S. The molecular weight excluding hydrogens is 330 g/mol. The van der Waals surface area contributed by atoms with Crippen LogP contribution < -0.4 is 19.5 Å². The molecule has 3 heterocycles. The van der Waals surface area contributed by atoms with Crippen LogP contribution in [0, 0.1) is 0 Å². The minimum atomic E-state index is -0.681. The predicted octanol–water partition coefficient (Wildman–Crippen LogP) is 2.27. The fourth-order valence-corrected chi connectivity index (χ4v) is 3.10. The maximum atomic E-state index is 10.1. The Morgan fingerprint density at radius 2 is 2.17 bits per heavy atom. The molecule has 2 N–H and O–H groups in total. The summed E-state index contributed by atoms with van der Waals surface area (Å²) < 4.78 is 16.1. The average molecular weight is 345 g/mol. The minimum Gasteiger partial charge on any atom is -0.491 e. The number of benzene rings is 1. The first-order valence-electron chi connectivity index (χ1n) is 7.42. The molecule has 7 nitrogen and oxygen atoms in total. The molecule has 0 saturated carbocycles. The Labute approximate surface area is 141 Å². The van der Waals surface area contributed by atoms with Gasteiger partial charge in [-0.05, 0) is 23.6 Å². The van der Waals surface area contributed by atoms with Gasteiger partial charge < -0.3 is 24.6 Å². The first-order chi connectivity index (χ1) is 11.8. The van der Waals surface area contributed by atoms with Gasteiger partial charge in [-0.25, -0.2) is 9.97 Å². The molecule has 0 unspecified atom stereocenters. The van der Waals surface area contributed by atoms with Gasteiger partial charge in [0.15, 0.2) is 11.5 Å². The zero-order valence-corrected chi connectivity index (χ0v) is 13.5. The third-order valence-corrected chi connectivity index (χ3v) is 4.37. The molecule has 0 radical (unpaired) electrons. The van der Waals surface area contributed by atoms with E-state index in [1.54, 1.807) is 29.5 Å². The summed E-state index contributed by atoms with van der Waals surface area (Å²) >= 11 is 1.55. The number of nitrogens with one attached hydrogen (secondary N) is 1. The SMILES string of the molecule is O[C@H](CNc1ncnc2sccc12)COc1ccc2c(c1)OCO2. The highest BCUT2D eigenvalue weighted by Crippen LogP contribution is 2.35. The van der Waals surface area contributed by atoms with Crippen molar-refractivity contribution in [1.29, 1.82) is 0 Å². The van der Waals surface area contributed by atoms with Crippen LogP contribution in [0.25, 0.3) is 10.2 Å². The van der Waals surface area contributed by atoms with Gasteiger partial charge in [-0.1, -0.05) is 0 Å². The summed E-state index contributed by atoms with van der Waals surface area (Å²) in [5.74, 6) is 2.69. The Kier molecular flexibility index (Phi) is 4.06. The van der Waals surface area contributed by atoms with Crippen molar-refractivity contribution in [2.24, 2.45) is 0 Å². The molecule has 4 rings (SSSR count). The number of nitrogens with zero attached hydrogens (tertiary/aromatic N) is 2. The van der Waals surface area contributed by atoms with E-state index in [1.165, 1.54) is 6.33 Å². The Morgan fingerprint density at radius 3 is 3.12 bits per heavy atom. The monoisotopic (exact) mass is 345 g/mol. The largest absolute Gasteiger partial charge is 0.491 e. The zero-order chi connectivity index (χ0) is 16.4. The van der Waals surface area contributed by atoms with Gasteiger partial charge in [-0.15, -0.1) is 11.3 Å². The van der Waals surface area contributed by atoms with Crippen molar-refractivity contribution >= 4 is 27.4 Å². The van der Waals surface area contributed by atoms with Gasteiger partial charge in [0, 0.05) is 12.6 Å². The summed E-state index contributed by atoms with van der Waals surface area (Å²) in [6, 6.07) is 7.28. The normalized spacial score (nSPS) is 13.9. The van der Waals surface area contributed by atoms with Crippen molar-refractivity contribution in [1.82, 2.24) is 9.97 Å². The first-order valence-corrected chi connectivity index (χ1v) is 8.30. The van der Waals surface area contributed by atoms with Gasteiger partial charge >= 0.3 is 0 Å². The van der Waals surface area contributed by atoms with Crippen molar-refractivity contribution in [3.05, 3.63) is 36.0 Å². The van der Waals surface area contributed by atoms with Crippen molar-refractivity contribution in [3.63, 3.8) is 0 Å². The molecule has 2 aromatic heterocycles. The van der Waals surface area contributed by atoms with Crippen LogP contribution in [0.4, 0.5) is 5.82 Å². The number of aromatic nitrogens is 2. The number of hydrogen-bond donors (Lipinski definition) is 2. The van der Waals surface area contributed by atoms with Gasteiger partial charge in [0.2, 0.25) is 6.79 Å². The molecule has 1 aliphatic rings. The van der Waals surface area contributed by atoms with E-state index in [1.807, 2.05) is 11.4 Å². The Morgan fingerprint density at radius 1 is 1.25 bits per heavy atom. The van der Waals surface area contributed by atoms with Gasteiger partial charge in [0.25, 0.3) is 0 Å². The van der Waals surface area contributed by atoms with E-state index in [2.05, 4.69) is 15.3 Å². The third kappa shape index (κ3) is 3.06. The summed E-state index contributed by atoms with van der Waals surface area (Å²) in [7, 11) is 0. The Bertz CT molecular complexity index is 854. The lowest BCUT2D eigenvalue weighted by Gasteiger charge is -2.14. The molecule has 8 heteroatoms. The van der Waals surface area contributed by atoms with E-state index >= 15 is 0 Å². The Balaban J connectivity index is 1.32. The lowest BCUT2D eigenvalue weighted by atomic mass is 10.3. The molecule has 0 spiro atoms. The number of rotatable bonds is 6. The van der Waals surface area contributed by atoms with Crippen LogP contribution >= 0.6 is 11.3 Å². The summed E-state index contributed by atoms with van der Waals surface area (Å²) in [5, 5.41) is 16.1. The number of aliphatic hydroxyl groups is 1. The number of anilines is 1. The maximum absolute atomic E-state index is 10.1. The maximum Gasteiger partial charge on any atom is 0.231 e. The van der Waals surface area contributed by atoms with E-state index in [0.29, 0.717) is 29.6 Å². The van der Waals surface area contributed by atoms with Gasteiger partial charge in [-0.2, -0.15) is 0 Å². The molecule has 3 aromatic rings. The molecule has 1 atom stereocenters. The van der Waals surface area contributed by atoms with Crippen LogP contribution in [0.1, 0.15) is 0 Å². The van der Waals surface area contributed by atoms with Gasteiger partial charge in [0.05, 0.1) is 5.39 Å². The summed E-state index contributed by atoms with van der Waals surface area (Å²) in [4.78, 5) is 9.32. The second kappa shape index (κ2) is 6.50. The Hall–Kier alpha value is -2.58. The van der Waals surface area contributed by atoms with Crippen LogP contribution in [-0.4, -0.2) is 41.1 Å². The lowest BCUT2D eigenvalue weighted by molar-refractivity contribution is 0.117. The van der Waals surface area contributed by atoms with E-state index in [-0.39, 0.29) is 13.4 Å². The fraction of sp³-hybridized carbons (Fsp3) is 0.250. The standard InChI is InChI=1S/C16H15N3O4S/c20-10(6-17-15-12-3-4-24-16(12)19-8-18-15)7-21-11-1-2-13-14(5-11)23-9-22-13/h1-5,8,10,20H,6-7,9H2,(H,17,18,19)/t10-/m1/s1. The topological polar surface area (TPSA) is 85.7 Å². The molecule has 1 aliphatic heterocycles. The smallest absolute Gasteiger partial charge is 0.231 e. The summed E-state index contributed by atoms with van der Waals surface area (Å²) in [6.07, 6.45) is 0.829. The number of hydrogen-bond acceptors (Lipinski definition) is 8. The van der Waals surface area contributed by atoms with Crippen LogP contribution in [-0.2, 0) is 0 Å². The fourth-order valence-electron chi connectivity index (χ4n) is 2.36. The molecule has 0 saturated heterocycles. The van der Waals surface area contributed by atoms with E-state index in [0.717, 1.165) is 10.2 Å². The zero-order valence-electron chi connectivity index (χ0n) is 12.6. The first kappa shape index (κ1) is 15.0. The number of fused-ring (bicyclic) bond motifs is 2. The average Bonchev–Trinajstić information content (AvgIpc) is 3.26. The lowest BCUT2D eigenvalue weighted by Crippen LogP contribution is -2.26. The van der Waals surface area contributed by atoms with Crippen molar-refractivity contribution in [3.8, 4) is 17.2 Å². The highest BCUT2D eigenvalue weighted by Gasteiger charge is 2.14. The molecule has 24 heavy (non-hydrogen) atoms. The highest BCUT2D eigenvalue weighted by molar-refractivity contribution is 7.16. The van der Waals surface area contributed by atoms with Gasteiger partial charge in [-0.3, -0.25) is 0 Å². The molecule has 0 bridgehead atoms. The summed E-state index contributed by atoms with van der Waals surface area (Å²) in [5.41, 5.74) is 0. The highest BCUT2D eigenvalue weighted by atomic mass is 32.1. The van der Waals surface area contributed by atoms with E-state index in [9.17, 15) is 5.11 Å². The van der Waals surface area contributed by atoms with Crippen LogP contribution in [0.5, 0.6) is 17.2 Å². The van der Waals surface area contributed by atoms with Gasteiger partial charge in [0.1, 0.15) is 35.4 Å². The number of aliphatic hydroxyl groups excluding tert-OH is 1. The number of ether oxygens (including phenoxy) is 3. The van der Waals surface area contributed by atoms with Crippen LogP contribution in [0.3, 0.4) is 0 Å². The molecule has 124 valence electrons. The predicted molar refractivity (Wildman–Crippen MR) is 90.0 cm³/mol. The molecule has 1 aromatic carbocycles. The van der Waals surface area contributed by atoms with Crippen molar-refractivity contribution in [2.45, 2.75) is 6.10 Å².